The number of carbonyl (C=O) groups is 3. The molecule has 2 aromatic rings. The number of fused-ring (bicyclic) bond motifs is 1. The maximum atomic E-state index is 11.8. The van der Waals surface area contributed by atoms with Gasteiger partial charge in [-0.15, -0.1) is 11.8 Å². The first kappa shape index (κ1) is 19.8. The van der Waals surface area contributed by atoms with Crippen molar-refractivity contribution in [3.8, 4) is 0 Å². The van der Waals surface area contributed by atoms with Gasteiger partial charge in [-0.05, 0) is 28.8 Å². The normalized spacial score (nSPS) is 10.6. The number of thioether (sulfide) groups is 1. The molecule has 2 aromatic carbocycles. The number of urea groups is 1. The van der Waals surface area contributed by atoms with Gasteiger partial charge in [-0.25, -0.2) is 4.79 Å². The summed E-state index contributed by atoms with van der Waals surface area (Å²) >= 11 is 1.33. The number of imide groups is 1. The van der Waals surface area contributed by atoms with Gasteiger partial charge < -0.3 is 10.1 Å². The van der Waals surface area contributed by atoms with Crippen molar-refractivity contribution in [2.75, 3.05) is 18.9 Å². The van der Waals surface area contributed by atoms with Crippen LogP contribution in [0.15, 0.2) is 47.4 Å². The number of rotatable bonds is 7. The Hall–Kier alpha value is -2.54. The lowest BCUT2D eigenvalue weighted by Crippen LogP contribution is -2.42. The second kappa shape index (κ2) is 9.82. The predicted molar refractivity (Wildman–Crippen MR) is 102 cm³/mol. The molecule has 7 heteroatoms. The van der Waals surface area contributed by atoms with Gasteiger partial charge in [0.25, 0.3) is 5.91 Å². The molecule has 0 spiro atoms. The van der Waals surface area contributed by atoms with Crippen molar-refractivity contribution >= 4 is 40.4 Å². The molecule has 138 valence electrons. The van der Waals surface area contributed by atoms with Crippen LogP contribution in [0, 0.1) is 5.92 Å². The molecule has 0 aliphatic heterocycles. The van der Waals surface area contributed by atoms with E-state index in [-0.39, 0.29) is 11.7 Å². The lowest BCUT2D eigenvalue weighted by Gasteiger charge is -2.09. The lowest BCUT2D eigenvalue weighted by atomic mass is 10.1. The van der Waals surface area contributed by atoms with E-state index >= 15 is 0 Å². The Kier molecular flexibility index (Phi) is 7.47. The highest BCUT2D eigenvalue weighted by Crippen LogP contribution is 2.23. The van der Waals surface area contributed by atoms with Crippen LogP contribution in [-0.4, -0.2) is 36.8 Å². The largest absolute Gasteiger partial charge is 0.455 e. The third kappa shape index (κ3) is 6.76. The van der Waals surface area contributed by atoms with Crippen molar-refractivity contribution < 1.29 is 19.1 Å². The standard InChI is InChI=1S/C19H22N2O4S/c1-13(2)10-20-19(24)21-17(22)11-25-18(23)12-26-16-8-7-14-5-3-4-6-15(14)9-16/h3-9,13H,10-12H2,1-2H3,(H2,20,21,22,24). The molecule has 0 aliphatic carbocycles. The van der Waals surface area contributed by atoms with Crippen molar-refractivity contribution in [3.05, 3.63) is 42.5 Å². The Morgan fingerprint density at radius 2 is 1.81 bits per heavy atom. The monoisotopic (exact) mass is 374 g/mol. The van der Waals surface area contributed by atoms with Gasteiger partial charge >= 0.3 is 12.0 Å². The zero-order valence-electron chi connectivity index (χ0n) is 14.8. The summed E-state index contributed by atoms with van der Waals surface area (Å²) in [5.41, 5.74) is 0. The van der Waals surface area contributed by atoms with E-state index in [4.69, 9.17) is 4.74 Å². The van der Waals surface area contributed by atoms with E-state index in [0.717, 1.165) is 15.7 Å². The van der Waals surface area contributed by atoms with E-state index in [1.165, 1.54) is 11.8 Å². The molecular weight excluding hydrogens is 352 g/mol. The van der Waals surface area contributed by atoms with Crippen LogP contribution in [0.3, 0.4) is 0 Å². The average Bonchev–Trinajstić information content (AvgIpc) is 2.62. The summed E-state index contributed by atoms with van der Waals surface area (Å²) in [6.07, 6.45) is 0. The minimum atomic E-state index is -0.657. The number of ether oxygens (including phenoxy) is 1. The Labute approximate surface area is 156 Å². The van der Waals surface area contributed by atoms with Crippen LogP contribution in [0.1, 0.15) is 13.8 Å². The molecule has 0 aromatic heterocycles. The van der Waals surface area contributed by atoms with Gasteiger partial charge in [-0.2, -0.15) is 0 Å². The van der Waals surface area contributed by atoms with Crippen LogP contribution < -0.4 is 10.6 Å². The Bertz CT molecular complexity index is 792. The highest BCUT2D eigenvalue weighted by molar-refractivity contribution is 8.00. The van der Waals surface area contributed by atoms with Crippen LogP contribution in [-0.2, 0) is 14.3 Å². The SMILES string of the molecule is CC(C)CNC(=O)NC(=O)COC(=O)CSc1ccc2ccccc2c1. The number of hydrogen-bond acceptors (Lipinski definition) is 5. The van der Waals surface area contributed by atoms with Gasteiger partial charge in [0.05, 0.1) is 5.75 Å². The molecule has 2 N–H and O–H groups in total. The molecule has 0 aliphatic rings. The first-order valence-electron chi connectivity index (χ1n) is 8.29. The van der Waals surface area contributed by atoms with Crippen LogP contribution >= 0.6 is 11.8 Å². The maximum absolute atomic E-state index is 11.8. The number of hydrogen-bond donors (Lipinski definition) is 2. The second-order valence-electron chi connectivity index (χ2n) is 6.11. The van der Waals surface area contributed by atoms with E-state index in [0.29, 0.717) is 6.54 Å². The number of amides is 3. The molecule has 26 heavy (non-hydrogen) atoms. The summed E-state index contributed by atoms with van der Waals surface area (Å²) in [6, 6.07) is 13.3. The van der Waals surface area contributed by atoms with E-state index in [2.05, 4.69) is 10.6 Å². The molecule has 0 atom stereocenters. The summed E-state index contributed by atoms with van der Waals surface area (Å²) in [5.74, 6) is -0.803. The maximum Gasteiger partial charge on any atom is 0.321 e. The van der Waals surface area contributed by atoms with Crippen LogP contribution in [0.4, 0.5) is 4.79 Å². The topological polar surface area (TPSA) is 84.5 Å². The number of benzene rings is 2. The van der Waals surface area contributed by atoms with Gasteiger partial charge in [0.2, 0.25) is 0 Å². The zero-order chi connectivity index (χ0) is 18.9. The quantitative estimate of drug-likeness (QED) is 0.575. The highest BCUT2D eigenvalue weighted by Gasteiger charge is 2.11. The molecule has 0 radical (unpaired) electrons. The van der Waals surface area contributed by atoms with E-state index in [1.54, 1.807) is 0 Å². The summed E-state index contributed by atoms with van der Waals surface area (Å²) in [4.78, 5) is 35.7. The minimum absolute atomic E-state index is 0.0885. The van der Waals surface area contributed by atoms with Crippen LogP contribution in [0.2, 0.25) is 0 Å². The first-order valence-corrected chi connectivity index (χ1v) is 9.27. The number of esters is 1. The van der Waals surface area contributed by atoms with Crippen LogP contribution in [0.25, 0.3) is 10.8 Å². The fourth-order valence-electron chi connectivity index (χ4n) is 2.09. The summed E-state index contributed by atoms with van der Waals surface area (Å²) in [5, 5.41) is 6.88. The summed E-state index contributed by atoms with van der Waals surface area (Å²) in [6.45, 7) is 3.86. The van der Waals surface area contributed by atoms with Crippen molar-refractivity contribution in [2.24, 2.45) is 5.92 Å². The molecule has 0 bridgehead atoms. The lowest BCUT2D eigenvalue weighted by molar-refractivity contribution is -0.145. The molecule has 0 fully saturated rings. The van der Waals surface area contributed by atoms with Crippen LogP contribution in [0.5, 0.6) is 0 Å². The van der Waals surface area contributed by atoms with E-state index in [1.807, 2.05) is 56.3 Å². The third-order valence-electron chi connectivity index (χ3n) is 3.37. The van der Waals surface area contributed by atoms with Crippen molar-refractivity contribution in [1.29, 1.82) is 0 Å². The fraction of sp³-hybridized carbons (Fsp3) is 0.316. The highest BCUT2D eigenvalue weighted by atomic mass is 32.2. The van der Waals surface area contributed by atoms with Crippen molar-refractivity contribution in [1.82, 2.24) is 10.6 Å². The smallest absolute Gasteiger partial charge is 0.321 e. The van der Waals surface area contributed by atoms with E-state index < -0.39 is 24.5 Å². The molecule has 0 saturated carbocycles. The molecule has 2 rings (SSSR count). The number of nitrogens with one attached hydrogen (secondary N) is 2. The third-order valence-corrected chi connectivity index (χ3v) is 4.33. The second-order valence-corrected chi connectivity index (χ2v) is 7.16. The summed E-state index contributed by atoms with van der Waals surface area (Å²) in [7, 11) is 0. The molecule has 0 saturated heterocycles. The van der Waals surface area contributed by atoms with Gasteiger partial charge in [0.15, 0.2) is 6.61 Å². The molecule has 6 nitrogen and oxygen atoms in total. The Morgan fingerprint density at radius 1 is 1.08 bits per heavy atom. The molecule has 0 unspecified atom stereocenters. The Balaban J connectivity index is 1.71. The molecule has 0 heterocycles. The van der Waals surface area contributed by atoms with Gasteiger partial charge in [0, 0.05) is 11.4 Å². The molecule has 3 amide bonds. The van der Waals surface area contributed by atoms with E-state index in [9.17, 15) is 14.4 Å². The van der Waals surface area contributed by atoms with Gasteiger partial charge in [0.1, 0.15) is 0 Å². The summed E-state index contributed by atoms with van der Waals surface area (Å²) < 4.78 is 4.89. The minimum Gasteiger partial charge on any atom is -0.455 e. The predicted octanol–water partition coefficient (Wildman–Crippen LogP) is 2.96. The fourth-order valence-corrected chi connectivity index (χ4v) is 2.83. The van der Waals surface area contributed by atoms with Crippen molar-refractivity contribution in [2.45, 2.75) is 18.7 Å². The van der Waals surface area contributed by atoms with Gasteiger partial charge in [-0.3, -0.25) is 14.9 Å². The Morgan fingerprint density at radius 3 is 2.54 bits per heavy atom. The average molecular weight is 374 g/mol. The van der Waals surface area contributed by atoms with Crippen molar-refractivity contribution in [3.63, 3.8) is 0 Å². The zero-order valence-corrected chi connectivity index (χ0v) is 15.6. The van der Waals surface area contributed by atoms with Gasteiger partial charge in [-0.1, -0.05) is 44.2 Å². The number of carbonyl (C=O) groups excluding carboxylic acids is 3. The first-order chi connectivity index (χ1) is 12.4. The molecular formula is C19H22N2O4S.